The molecule has 15 nitrogen and oxygen atoms in total. The molecule has 16 heteroatoms. The predicted molar refractivity (Wildman–Crippen MR) is 87.1 cm³/mol. The lowest BCUT2D eigenvalue weighted by molar-refractivity contribution is -0.258. The van der Waals surface area contributed by atoms with E-state index < -0.39 is 58.8 Å². The van der Waals surface area contributed by atoms with Gasteiger partial charge in [-0.2, -0.15) is 8.42 Å². The first kappa shape index (κ1) is 19.4. The third-order valence-electron chi connectivity index (χ3n) is 4.95. The summed E-state index contributed by atoms with van der Waals surface area (Å²) in [5.74, 6) is -3.53. The zero-order valence-corrected chi connectivity index (χ0v) is 14.8. The first-order valence-corrected chi connectivity index (χ1v) is 8.88. The number of nitrogens with two attached hydrogens (primary N) is 3. The summed E-state index contributed by atoms with van der Waals surface area (Å²) >= 11 is 0. The molecular weight excluding hydrogens is 390 g/mol. The number of rotatable bonds is 4. The number of nitrogens with one attached hydrogen (secondary N) is 1. The lowest BCUT2D eigenvalue weighted by atomic mass is 9.74. The molecule has 3 aliphatic rings. The summed E-state index contributed by atoms with van der Waals surface area (Å²) in [4.78, 5) is 20.2. The molecule has 27 heavy (non-hydrogen) atoms. The maximum atomic E-state index is 11.1. The Labute approximate surface area is 152 Å². The second-order valence-electron chi connectivity index (χ2n) is 6.48. The van der Waals surface area contributed by atoms with Gasteiger partial charge in [0.05, 0.1) is 6.54 Å². The summed E-state index contributed by atoms with van der Waals surface area (Å²) in [5, 5.41) is 24.4. The van der Waals surface area contributed by atoms with E-state index in [1.165, 1.54) is 6.92 Å². The van der Waals surface area contributed by atoms with Gasteiger partial charge in [-0.15, -0.1) is 0 Å². The third kappa shape index (κ3) is 2.56. The van der Waals surface area contributed by atoms with Gasteiger partial charge >= 0.3 is 16.5 Å². The van der Waals surface area contributed by atoms with Crippen molar-refractivity contribution in [1.82, 2.24) is 10.2 Å². The van der Waals surface area contributed by atoms with Crippen LogP contribution in [0.5, 0.6) is 0 Å². The van der Waals surface area contributed by atoms with Crippen LogP contribution in [0.3, 0.4) is 0 Å². The molecule has 152 valence electrons. The Hall–Kier alpha value is -2.40. The molecule has 0 aromatic heterocycles. The van der Waals surface area contributed by atoms with Gasteiger partial charge in [-0.05, 0) is 6.92 Å². The van der Waals surface area contributed by atoms with Crippen LogP contribution in [0.25, 0.3) is 0 Å². The van der Waals surface area contributed by atoms with E-state index in [2.05, 4.69) is 19.5 Å². The SMILES string of the molecule is C[C@@]12NC(N)=N[C@]13N(C[C@H](OS(=O)(=O)O)C3(O)O)C(N)=N[C@H]2COC(N)=O. The molecule has 4 atom stereocenters. The van der Waals surface area contributed by atoms with Gasteiger partial charge in [0.2, 0.25) is 11.4 Å². The van der Waals surface area contributed by atoms with Crippen LogP contribution >= 0.6 is 0 Å². The van der Waals surface area contributed by atoms with Crippen molar-refractivity contribution in [2.45, 2.75) is 36.1 Å². The van der Waals surface area contributed by atoms with E-state index >= 15 is 0 Å². The average molecular weight is 409 g/mol. The Balaban J connectivity index is 2.13. The highest BCUT2D eigenvalue weighted by molar-refractivity contribution is 7.80. The predicted octanol–water partition coefficient (Wildman–Crippen LogP) is -4.66. The number of carbonyl (C=O) groups is 1. The number of carbonyl (C=O) groups excluding carboxylic acids is 1. The van der Waals surface area contributed by atoms with Crippen LogP contribution < -0.4 is 22.5 Å². The average Bonchev–Trinajstić information content (AvgIpc) is 2.89. The largest absolute Gasteiger partial charge is 0.447 e. The summed E-state index contributed by atoms with van der Waals surface area (Å²) in [6.45, 7) is 0.503. The molecule has 1 fully saturated rings. The maximum Gasteiger partial charge on any atom is 0.404 e. The van der Waals surface area contributed by atoms with Crippen LogP contribution in [0, 0.1) is 0 Å². The standard InChI is InChI=1S/C11H19N7O8S/c1-9-4(3-25-8(14)19)15-7(13)18-2-5(26-27(22,23)24)10(20,21)11(9,18)17-6(12)16-9/h4-5,20-21H,2-3H2,1H3,(H2,13,15)(H2,14,19)(H3,12,16,17)(H,22,23,24)/t4-,5-,9-,11-/m0/s1. The molecule has 0 aliphatic carbocycles. The Morgan fingerprint density at radius 1 is 1.44 bits per heavy atom. The topological polar surface area (TPSA) is 248 Å². The summed E-state index contributed by atoms with van der Waals surface area (Å²) < 4.78 is 40.4. The molecule has 10 N–H and O–H groups in total. The molecule has 0 saturated carbocycles. The summed E-state index contributed by atoms with van der Waals surface area (Å²) in [7, 11) is -5.05. The zero-order valence-electron chi connectivity index (χ0n) is 13.9. The second kappa shape index (κ2) is 5.55. The van der Waals surface area contributed by atoms with Crippen molar-refractivity contribution in [2.75, 3.05) is 13.2 Å². The minimum absolute atomic E-state index is 0.239. The van der Waals surface area contributed by atoms with Crippen molar-refractivity contribution >= 4 is 28.4 Å². The van der Waals surface area contributed by atoms with Gasteiger partial charge in [-0.25, -0.2) is 19.0 Å². The Bertz CT molecular complexity index is 844. The van der Waals surface area contributed by atoms with Gasteiger partial charge < -0.3 is 42.4 Å². The molecule has 1 amide bonds. The molecule has 0 unspecified atom stereocenters. The number of ether oxygens (including phenoxy) is 1. The molecule has 1 spiro atoms. The van der Waals surface area contributed by atoms with Crippen LogP contribution in [0.4, 0.5) is 4.79 Å². The van der Waals surface area contributed by atoms with Crippen molar-refractivity contribution in [3.63, 3.8) is 0 Å². The molecule has 3 aliphatic heterocycles. The molecule has 1 saturated heterocycles. The number of hydrogen-bond acceptors (Lipinski definition) is 13. The van der Waals surface area contributed by atoms with Crippen molar-refractivity contribution in [1.29, 1.82) is 0 Å². The number of guanidine groups is 2. The fourth-order valence-electron chi connectivity index (χ4n) is 3.87. The van der Waals surface area contributed by atoms with Crippen LogP contribution in [-0.4, -0.2) is 88.4 Å². The highest BCUT2D eigenvalue weighted by Crippen LogP contribution is 2.52. The quantitative estimate of drug-likeness (QED) is 0.171. The van der Waals surface area contributed by atoms with E-state index in [4.69, 9.17) is 26.5 Å². The van der Waals surface area contributed by atoms with Crippen LogP contribution in [0.15, 0.2) is 9.98 Å². The Kier molecular flexibility index (Phi) is 3.98. The van der Waals surface area contributed by atoms with Crippen LogP contribution in [-0.2, 0) is 19.3 Å². The fraction of sp³-hybridized carbons (Fsp3) is 0.727. The Morgan fingerprint density at radius 3 is 2.63 bits per heavy atom. The maximum absolute atomic E-state index is 11.1. The monoisotopic (exact) mass is 409 g/mol. The van der Waals surface area contributed by atoms with Crippen molar-refractivity contribution in [3.8, 4) is 0 Å². The lowest BCUT2D eigenvalue weighted by Crippen LogP contribution is -2.79. The van der Waals surface area contributed by atoms with Gasteiger partial charge in [-0.3, -0.25) is 4.55 Å². The molecule has 0 aromatic rings. The minimum atomic E-state index is -5.05. The minimum Gasteiger partial charge on any atom is -0.447 e. The summed E-state index contributed by atoms with van der Waals surface area (Å²) in [5.41, 5.74) is 12.9. The van der Waals surface area contributed by atoms with Gasteiger partial charge in [0.1, 0.15) is 18.2 Å². The molecule has 0 bridgehead atoms. The highest BCUT2D eigenvalue weighted by Gasteiger charge is 2.79. The fourth-order valence-corrected chi connectivity index (χ4v) is 4.36. The number of aliphatic imine (C=N–C) groups is 2. The van der Waals surface area contributed by atoms with E-state index in [1.54, 1.807) is 0 Å². The van der Waals surface area contributed by atoms with E-state index in [0.29, 0.717) is 0 Å². The molecule has 3 rings (SSSR count). The van der Waals surface area contributed by atoms with E-state index in [-0.39, 0.29) is 11.9 Å². The summed E-state index contributed by atoms with van der Waals surface area (Å²) in [6.07, 6.45) is -3.00. The summed E-state index contributed by atoms with van der Waals surface area (Å²) in [6, 6.07) is -1.05. The third-order valence-corrected chi connectivity index (χ3v) is 5.42. The van der Waals surface area contributed by atoms with Crippen LogP contribution in [0.2, 0.25) is 0 Å². The van der Waals surface area contributed by atoms with E-state index in [9.17, 15) is 23.4 Å². The van der Waals surface area contributed by atoms with Crippen molar-refractivity contribution in [3.05, 3.63) is 0 Å². The van der Waals surface area contributed by atoms with Gasteiger partial charge in [0, 0.05) is 0 Å². The van der Waals surface area contributed by atoms with Gasteiger partial charge in [-0.1, -0.05) is 0 Å². The number of aliphatic hydroxyl groups is 2. The van der Waals surface area contributed by atoms with Gasteiger partial charge in [0.15, 0.2) is 18.0 Å². The smallest absolute Gasteiger partial charge is 0.404 e. The van der Waals surface area contributed by atoms with Crippen molar-refractivity contribution < 1.29 is 36.9 Å². The highest BCUT2D eigenvalue weighted by atomic mass is 32.3. The van der Waals surface area contributed by atoms with Crippen molar-refractivity contribution in [2.24, 2.45) is 27.2 Å². The molecule has 3 heterocycles. The molecule has 0 radical (unpaired) electrons. The number of nitrogens with zero attached hydrogens (tertiary/aromatic N) is 3. The number of hydrogen-bond donors (Lipinski definition) is 7. The number of amides is 1. The lowest BCUT2D eigenvalue weighted by Gasteiger charge is -2.53. The Morgan fingerprint density at radius 2 is 2.07 bits per heavy atom. The normalized spacial score (nSPS) is 37.0. The van der Waals surface area contributed by atoms with Crippen LogP contribution in [0.1, 0.15) is 6.92 Å². The number of primary amides is 1. The van der Waals surface area contributed by atoms with E-state index in [1.807, 2.05) is 0 Å². The molecule has 0 aromatic carbocycles. The zero-order chi connectivity index (χ0) is 20.4. The van der Waals surface area contributed by atoms with Gasteiger partial charge in [0.25, 0.3) is 0 Å². The first-order chi connectivity index (χ1) is 12.2. The first-order valence-electron chi connectivity index (χ1n) is 7.51. The van der Waals surface area contributed by atoms with E-state index in [0.717, 1.165) is 4.90 Å². The molecular formula is C11H19N7O8S. The second-order valence-corrected chi connectivity index (χ2v) is 7.53.